The number of halogens is 1. The van der Waals surface area contributed by atoms with E-state index in [1.165, 1.54) is 22.3 Å². The van der Waals surface area contributed by atoms with E-state index in [4.69, 9.17) is 0 Å². The van der Waals surface area contributed by atoms with Gasteiger partial charge in [-0.25, -0.2) is 4.39 Å². The minimum atomic E-state index is -1.11. The van der Waals surface area contributed by atoms with Crippen molar-refractivity contribution in [3.8, 4) is 0 Å². The molecule has 2 saturated heterocycles. The molecule has 5 heteroatoms. The topological polar surface area (TPSA) is 30.0 Å². The second-order valence-corrected chi connectivity index (χ2v) is 7.70. The normalized spacial score (nSPS) is 26.4. The van der Waals surface area contributed by atoms with Crippen LogP contribution in [0.3, 0.4) is 0 Å². The fourth-order valence-electron chi connectivity index (χ4n) is 4.04. The number of aliphatic hydroxyl groups excluding tert-OH is 1. The highest BCUT2D eigenvalue weighted by Gasteiger charge is 2.31. The molecule has 3 rings (SSSR count). The number of alkyl halides is 1. The first-order valence-electron chi connectivity index (χ1n) is 9.54. The van der Waals surface area contributed by atoms with Crippen LogP contribution < -0.4 is 0 Å². The molecular weight excluding hydrogens is 317 g/mol. The number of hydrogen-bond donors (Lipinski definition) is 1. The van der Waals surface area contributed by atoms with Gasteiger partial charge in [0.1, 0.15) is 6.17 Å². The van der Waals surface area contributed by atoms with Crippen molar-refractivity contribution in [3.63, 3.8) is 0 Å². The Balaban J connectivity index is 1.67. The van der Waals surface area contributed by atoms with Gasteiger partial charge in [-0.05, 0) is 37.1 Å². The average Bonchev–Trinajstić information content (AvgIpc) is 2.90. The zero-order chi connectivity index (χ0) is 18.0. The molecule has 0 amide bonds. The molecule has 2 fully saturated rings. The van der Waals surface area contributed by atoms with E-state index in [9.17, 15) is 9.50 Å². The quantitative estimate of drug-likeness (QED) is 0.880. The lowest BCUT2D eigenvalue weighted by molar-refractivity contribution is 0.115. The first-order valence-corrected chi connectivity index (χ1v) is 9.54. The number of rotatable bonds is 5. The summed E-state index contributed by atoms with van der Waals surface area (Å²) in [5.74, 6) is 0. The Labute approximate surface area is 151 Å². The van der Waals surface area contributed by atoms with Crippen LogP contribution in [0.5, 0.6) is 0 Å². The van der Waals surface area contributed by atoms with Crippen LogP contribution in [0.4, 0.5) is 4.39 Å². The van der Waals surface area contributed by atoms with Crippen LogP contribution in [0.1, 0.15) is 29.2 Å². The lowest BCUT2D eigenvalue weighted by Gasteiger charge is -2.34. The molecule has 0 bridgehead atoms. The Kier molecular flexibility index (Phi) is 6.10. The summed E-state index contributed by atoms with van der Waals surface area (Å²) in [5, 5.41) is 9.66. The zero-order valence-electron chi connectivity index (χ0n) is 15.8. The molecule has 2 atom stereocenters. The van der Waals surface area contributed by atoms with Gasteiger partial charge in [0, 0.05) is 52.4 Å². The molecule has 0 radical (unpaired) electrons. The number of likely N-dealkylation sites (N-methyl/N-ethyl adjacent to an activating group) is 1. The maximum atomic E-state index is 13.6. The van der Waals surface area contributed by atoms with Gasteiger partial charge >= 0.3 is 0 Å². The Bertz CT molecular complexity index is 577. The van der Waals surface area contributed by atoms with E-state index in [0.29, 0.717) is 13.1 Å². The standard InChI is InChI=1S/C20H32FN3O/c1-4-22-5-7-23(8-6-22)11-17-9-15(2)10-18(16(17)3)12-24-13-19(21)20(25)14-24/h9-10,19-20,25H,4-8,11-14H2,1-3H3/t19-,20-/m1/s1. The van der Waals surface area contributed by atoms with Gasteiger partial charge in [0.15, 0.2) is 0 Å². The fourth-order valence-corrected chi connectivity index (χ4v) is 4.04. The summed E-state index contributed by atoms with van der Waals surface area (Å²) in [4.78, 5) is 7.06. The molecule has 0 aliphatic carbocycles. The minimum Gasteiger partial charge on any atom is -0.389 e. The van der Waals surface area contributed by atoms with Crippen LogP contribution in [0.2, 0.25) is 0 Å². The predicted molar refractivity (Wildman–Crippen MR) is 99.5 cm³/mol. The van der Waals surface area contributed by atoms with Gasteiger partial charge in [0.25, 0.3) is 0 Å². The van der Waals surface area contributed by atoms with E-state index in [-0.39, 0.29) is 0 Å². The molecule has 140 valence electrons. The van der Waals surface area contributed by atoms with Gasteiger partial charge in [-0.3, -0.25) is 9.80 Å². The van der Waals surface area contributed by atoms with E-state index in [1.54, 1.807) is 0 Å². The highest BCUT2D eigenvalue weighted by atomic mass is 19.1. The summed E-state index contributed by atoms with van der Waals surface area (Å²) in [7, 11) is 0. The molecule has 0 aromatic heterocycles. The number of aryl methyl sites for hydroxylation is 1. The van der Waals surface area contributed by atoms with Crippen LogP contribution in [0, 0.1) is 13.8 Å². The van der Waals surface area contributed by atoms with Crippen LogP contribution >= 0.6 is 0 Å². The monoisotopic (exact) mass is 349 g/mol. The van der Waals surface area contributed by atoms with Crippen molar-refractivity contribution in [2.75, 3.05) is 45.8 Å². The summed E-state index contributed by atoms with van der Waals surface area (Å²) in [6.07, 6.45) is -1.95. The zero-order valence-corrected chi connectivity index (χ0v) is 15.8. The van der Waals surface area contributed by atoms with E-state index >= 15 is 0 Å². The van der Waals surface area contributed by atoms with Gasteiger partial charge < -0.3 is 10.0 Å². The van der Waals surface area contributed by atoms with Gasteiger partial charge in [0.05, 0.1) is 6.10 Å². The first kappa shape index (κ1) is 18.8. The molecule has 1 N–H and O–H groups in total. The summed E-state index contributed by atoms with van der Waals surface area (Å²) < 4.78 is 13.6. The number of aliphatic hydroxyl groups is 1. The lowest BCUT2D eigenvalue weighted by Crippen LogP contribution is -2.45. The van der Waals surface area contributed by atoms with E-state index in [1.807, 2.05) is 4.90 Å². The largest absolute Gasteiger partial charge is 0.389 e. The summed E-state index contributed by atoms with van der Waals surface area (Å²) >= 11 is 0. The van der Waals surface area contributed by atoms with E-state index in [0.717, 1.165) is 45.8 Å². The molecule has 4 nitrogen and oxygen atoms in total. The number of β-amino-alcohol motifs (C(OH)–C–C–N with tert-alkyl or cyclic N) is 1. The van der Waals surface area contributed by atoms with Crippen LogP contribution in [0.15, 0.2) is 12.1 Å². The summed E-state index contributed by atoms with van der Waals surface area (Å²) in [6, 6.07) is 4.51. The molecule has 0 saturated carbocycles. The fraction of sp³-hybridized carbons (Fsp3) is 0.700. The predicted octanol–water partition coefficient (Wildman–Crippen LogP) is 1.96. The van der Waals surface area contributed by atoms with Crippen molar-refractivity contribution in [3.05, 3.63) is 34.4 Å². The average molecular weight is 349 g/mol. The van der Waals surface area contributed by atoms with Gasteiger partial charge in [-0.1, -0.05) is 24.6 Å². The lowest BCUT2D eigenvalue weighted by atomic mass is 9.98. The van der Waals surface area contributed by atoms with Crippen LogP contribution in [-0.2, 0) is 13.1 Å². The Morgan fingerprint density at radius 2 is 1.52 bits per heavy atom. The summed E-state index contributed by atoms with van der Waals surface area (Å²) in [6.45, 7) is 14.7. The highest BCUT2D eigenvalue weighted by molar-refractivity contribution is 5.38. The molecule has 25 heavy (non-hydrogen) atoms. The minimum absolute atomic E-state index is 0.336. The van der Waals surface area contributed by atoms with Crippen molar-refractivity contribution >= 4 is 0 Å². The molecule has 2 heterocycles. The molecule has 1 aromatic carbocycles. The van der Waals surface area contributed by atoms with Crippen molar-refractivity contribution < 1.29 is 9.50 Å². The molecule has 0 unspecified atom stereocenters. The maximum absolute atomic E-state index is 13.6. The van der Waals surface area contributed by atoms with Crippen molar-refractivity contribution in [1.29, 1.82) is 0 Å². The molecule has 1 aromatic rings. The van der Waals surface area contributed by atoms with Crippen molar-refractivity contribution in [2.24, 2.45) is 0 Å². The third-order valence-electron chi connectivity index (χ3n) is 5.76. The number of benzene rings is 1. The van der Waals surface area contributed by atoms with Gasteiger partial charge in [-0.15, -0.1) is 0 Å². The third kappa shape index (κ3) is 4.59. The molecule has 2 aliphatic rings. The number of likely N-dealkylation sites (tertiary alicyclic amines) is 1. The Morgan fingerprint density at radius 1 is 0.960 bits per heavy atom. The third-order valence-corrected chi connectivity index (χ3v) is 5.76. The Hall–Kier alpha value is -1.01. The second kappa shape index (κ2) is 8.12. The summed E-state index contributed by atoms with van der Waals surface area (Å²) in [5.41, 5.74) is 5.24. The van der Waals surface area contributed by atoms with Gasteiger partial charge in [-0.2, -0.15) is 0 Å². The number of nitrogens with zero attached hydrogens (tertiary/aromatic N) is 3. The van der Waals surface area contributed by atoms with E-state index in [2.05, 4.69) is 42.7 Å². The SMILES string of the molecule is CCN1CCN(Cc2cc(C)cc(CN3C[C@@H](O)[C@H](F)C3)c2C)CC1. The number of piperazine rings is 1. The van der Waals surface area contributed by atoms with Crippen molar-refractivity contribution in [1.82, 2.24) is 14.7 Å². The Morgan fingerprint density at radius 3 is 2.04 bits per heavy atom. The maximum Gasteiger partial charge on any atom is 0.140 e. The van der Waals surface area contributed by atoms with Gasteiger partial charge in [0.2, 0.25) is 0 Å². The first-order chi connectivity index (χ1) is 12.0. The van der Waals surface area contributed by atoms with Crippen LogP contribution in [-0.4, -0.2) is 77.9 Å². The smallest absolute Gasteiger partial charge is 0.140 e. The van der Waals surface area contributed by atoms with Crippen LogP contribution in [0.25, 0.3) is 0 Å². The van der Waals surface area contributed by atoms with Crippen molar-refractivity contribution in [2.45, 2.75) is 46.1 Å². The highest BCUT2D eigenvalue weighted by Crippen LogP contribution is 2.23. The molecule has 0 spiro atoms. The number of hydrogen-bond acceptors (Lipinski definition) is 4. The second-order valence-electron chi connectivity index (χ2n) is 7.70. The van der Waals surface area contributed by atoms with E-state index < -0.39 is 12.3 Å². The molecular formula is C20H32FN3O. The molecule has 2 aliphatic heterocycles.